The molecule has 2 aliphatic rings. The maximum Gasteiger partial charge on any atom is 0.295 e. The molecule has 4 rings (SSSR count). The summed E-state index contributed by atoms with van der Waals surface area (Å²) >= 11 is 0. The number of Topliss-reactive ketones (excluding diaryl/α,β-unsaturated/α-hetero) is 1. The van der Waals surface area contributed by atoms with Crippen molar-refractivity contribution in [1.29, 1.82) is 0 Å². The molecular weight excluding hydrogens is 415 g/mol. The number of hydrogen-bond donors (Lipinski definition) is 2. The van der Waals surface area contributed by atoms with Crippen LogP contribution in [0.2, 0.25) is 0 Å². The second kappa shape index (κ2) is 9.10. The van der Waals surface area contributed by atoms with E-state index in [0.717, 1.165) is 5.56 Å². The van der Waals surface area contributed by atoms with E-state index in [2.05, 4.69) is 4.90 Å². The number of carbonyl (C=O) groups excluding carboxylic acids is 2. The van der Waals surface area contributed by atoms with Gasteiger partial charge in [0, 0.05) is 31.7 Å². The lowest BCUT2D eigenvalue weighted by atomic mass is 9.94. The van der Waals surface area contributed by atoms with Crippen molar-refractivity contribution < 1.29 is 28.9 Å². The van der Waals surface area contributed by atoms with E-state index < -0.39 is 29.3 Å². The molecule has 32 heavy (non-hydrogen) atoms. The summed E-state index contributed by atoms with van der Waals surface area (Å²) in [6.07, 6.45) is 0. The number of amides is 1. The molecule has 2 aromatic carbocycles. The predicted molar refractivity (Wildman–Crippen MR) is 116 cm³/mol. The van der Waals surface area contributed by atoms with Crippen molar-refractivity contribution >= 4 is 17.4 Å². The molecule has 168 valence electrons. The summed E-state index contributed by atoms with van der Waals surface area (Å²) in [6, 6.07) is 9.36. The molecule has 2 fully saturated rings. The van der Waals surface area contributed by atoms with Crippen molar-refractivity contribution in [3.63, 3.8) is 0 Å². The monoisotopic (exact) mass is 440 g/mol. The minimum absolute atomic E-state index is 0.0255. The lowest BCUT2D eigenvalue weighted by molar-refractivity contribution is -0.140. The maximum absolute atomic E-state index is 14.8. The first-order chi connectivity index (χ1) is 15.4. The Labute approximate surface area is 185 Å². The number of aryl methyl sites for hydroxylation is 1. The fraction of sp³-hybridized carbons (Fsp3) is 0.333. The number of benzene rings is 2. The highest BCUT2D eigenvalue weighted by atomic mass is 19.1. The first-order valence-electron chi connectivity index (χ1n) is 10.5. The van der Waals surface area contributed by atoms with E-state index in [1.165, 1.54) is 35.2 Å². The normalized spacial score (nSPS) is 21.3. The predicted octanol–water partition coefficient (Wildman–Crippen LogP) is 2.59. The van der Waals surface area contributed by atoms with Gasteiger partial charge in [-0.3, -0.25) is 14.5 Å². The van der Waals surface area contributed by atoms with Crippen LogP contribution in [-0.2, 0) is 14.3 Å². The van der Waals surface area contributed by atoms with Crippen LogP contribution >= 0.6 is 0 Å². The summed E-state index contributed by atoms with van der Waals surface area (Å²) in [5, 5.41) is 21.3. The number of morpholine rings is 1. The van der Waals surface area contributed by atoms with Crippen molar-refractivity contribution in [3.05, 3.63) is 70.5 Å². The van der Waals surface area contributed by atoms with E-state index in [4.69, 9.17) is 4.74 Å². The number of ether oxygens (including phenoxy) is 1. The van der Waals surface area contributed by atoms with E-state index in [0.29, 0.717) is 32.8 Å². The zero-order chi connectivity index (χ0) is 22.8. The highest BCUT2D eigenvalue weighted by molar-refractivity contribution is 6.46. The van der Waals surface area contributed by atoms with Crippen LogP contribution in [0.25, 0.3) is 5.76 Å². The summed E-state index contributed by atoms with van der Waals surface area (Å²) in [5.74, 6) is -3.06. The summed E-state index contributed by atoms with van der Waals surface area (Å²) in [6.45, 7) is 5.00. The minimum atomic E-state index is -1.10. The first kappa shape index (κ1) is 22.0. The van der Waals surface area contributed by atoms with Crippen molar-refractivity contribution in [2.45, 2.75) is 13.0 Å². The Hall–Kier alpha value is -3.23. The number of phenolic OH excluding ortho intramolecular Hbond substituents is 1. The number of aliphatic hydroxyl groups is 1. The molecule has 2 aliphatic heterocycles. The van der Waals surface area contributed by atoms with Crippen LogP contribution in [-0.4, -0.2) is 71.1 Å². The number of hydrogen-bond acceptors (Lipinski definition) is 6. The van der Waals surface area contributed by atoms with Gasteiger partial charge in [-0.1, -0.05) is 29.8 Å². The number of nitrogens with zero attached hydrogens (tertiary/aromatic N) is 2. The lowest BCUT2D eigenvalue weighted by Crippen LogP contribution is -2.42. The molecule has 0 bridgehead atoms. The fourth-order valence-corrected chi connectivity index (χ4v) is 4.19. The van der Waals surface area contributed by atoms with E-state index in [-0.39, 0.29) is 29.0 Å². The van der Waals surface area contributed by atoms with Crippen LogP contribution in [0.15, 0.2) is 48.0 Å². The second-order valence-electron chi connectivity index (χ2n) is 7.99. The van der Waals surface area contributed by atoms with Gasteiger partial charge in [0.15, 0.2) is 0 Å². The third-order valence-corrected chi connectivity index (χ3v) is 5.91. The van der Waals surface area contributed by atoms with Crippen molar-refractivity contribution in [1.82, 2.24) is 9.80 Å². The van der Waals surface area contributed by atoms with Crippen LogP contribution in [0.4, 0.5) is 4.39 Å². The molecule has 0 spiro atoms. The summed E-state index contributed by atoms with van der Waals surface area (Å²) in [4.78, 5) is 29.4. The van der Waals surface area contributed by atoms with E-state index in [9.17, 15) is 24.2 Å². The van der Waals surface area contributed by atoms with Crippen LogP contribution in [0, 0.1) is 12.7 Å². The standard InChI is InChI=1S/C24H25FN2O5/c1-15-6-7-19(28)17(14-15)22(29)20-21(16-4-2-3-5-18(16)25)27(24(31)23(20)30)9-8-26-10-12-32-13-11-26/h2-7,14,21,28-29H,8-13H2,1H3. The summed E-state index contributed by atoms with van der Waals surface area (Å²) in [7, 11) is 0. The fourth-order valence-electron chi connectivity index (χ4n) is 4.19. The van der Waals surface area contributed by atoms with Gasteiger partial charge in [0.2, 0.25) is 0 Å². The van der Waals surface area contributed by atoms with Gasteiger partial charge < -0.3 is 19.8 Å². The smallest absolute Gasteiger partial charge is 0.295 e. The molecule has 2 N–H and O–H groups in total. The molecule has 1 amide bonds. The Balaban J connectivity index is 1.79. The van der Waals surface area contributed by atoms with Crippen molar-refractivity contribution in [3.8, 4) is 5.75 Å². The van der Waals surface area contributed by atoms with Gasteiger partial charge in [-0.2, -0.15) is 0 Å². The zero-order valence-corrected chi connectivity index (χ0v) is 17.8. The van der Waals surface area contributed by atoms with Gasteiger partial charge in [0.25, 0.3) is 11.7 Å². The van der Waals surface area contributed by atoms with Gasteiger partial charge in [0.05, 0.1) is 30.4 Å². The molecule has 0 aromatic heterocycles. The Bertz CT molecular complexity index is 1080. The van der Waals surface area contributed by atoms with E-state index >= 15 is 0 Å². The molecule has 0 saturated carbocycles. The first-order valence-corrected chi connectivity index (χ1v) is 10.5. The number of phenols is 1. The van der Waals surface area contributed by atoms with Gasteiger partial charge in [-0.25, -0.2) is 4.39 Å². The Kier molecular flexibility index (Phi) is 6.25. The molecular formula is C24H25FN2O5. The number of aliphatic hydroxyl groups excluding tert-OH is 1. The zero-order valence-electron chi connectivity index (χ0n) is 17.8. The van der Waals surface area contributed by atoms with E-state index in [1.54, 1.807) is 19.1 Å². The highest BCUT2D eigenvalue weighted by Crippen LogP contribution is 2.41. The lowest BCUT2D eigenvalue weighted by Gasteiger charge is -2.31. The Morgan fingerprint density at radius 2 is 1.84 bits per heavy atom. The molecule has 1 atom stereocenters. The molecule has 1 unspecified atom stereocenters. The third-order valence-electron chi connectivity index (χ3n) is 5.91. The third kappa shape index (κ3) is 4.11. The average molecular weight is 440 g/mol. The Morgan fingerprint density at radius 3 is 2.56 bits per heavy atom. The topological polar surface area (TPSA) is 90.3 Å². The number of ketones is 1. The number of halogens is 1. The molecule has 7 nitrogen and oxygen atoms in total. The number of rotatable bonds is 5. The number of aromatic hydroxyl groups is 1. The quantitative estimate of drug-likeness (QED) is 0.422. The molecule has 0 aliphatic carbocycles. The molecule has 8 heteroatoms. The molecule has 2 aromatic rings. The average Bonchev–Trinajstić information content (AvgIpc) is 3.04. The van der Waals surface area contributed by atoms with Crippen LogP contribution in [0.1, 0.15) is 22.7 Å². The van der Waals surface area contributed by atoms with Crippen molar-refractivity contribution in [2.75, 3.05) is 39.4 Å². The summed E-state index contributed by atoms with van der Waals surface area (Å²) in [5.41, 5.74) is 0.649. The van der Waals surface area contributed by atoms with Gasteiger partial charge >= 0.3 is 0 Å². The Morgan fingerprint density at radius 1 is 1.12 bits per heavy atom. The minimum Gasteiger partial charge on any atom is -0.507 e. The van der Waals surface area contributed by atoms with Gasteiger partial charge in [-0.15, -0.1) is 0 Å². The molecule has 0 radical (unpaired) electrons. The van der Waals surface area contributed by atoms with E-state index in [1.807, 2.05) is 0 Å². The van der Waals surface area contributed by atoms with Crippen LogP contribution in [0.5, 0.6) is 5.75 Å². The molecule has 2 heterocycles. The SMILES string of the molecule is Cc1ccc(O)c(C(O)=C2C(=O)C(=O)N(CCN3CCOCC3)C2c2ccccc2F)c1. The maximum atomic E-state index is 14.8. The highest BCUT2D eigenvalue weighted by Gasteiger charge is 2.47. The van der Waals surface area contributed by atoms with Crippen LogP contribution < -0.4 is 0 Å². The summed E-state index contributed by atoms with van der Waals surface area (Å²) < 4.78 is 20.2. The molecule has 2 saturated heterocycles. The largest absolute Gasteiger partial charge is 0.507 e. The second-order valence-corrected chi connectivity index (χ2v) is 7.99. The van der Waals surface area contributed by atoms with Crippen molar-refractivity contribution in [2.24, 2.45) is 0 Å². The van der Waals surface area contributed by atoms with Crippen LogP contribution in [0.3, 0.4) is 0 Å². The number of carbonyl (C=O) groups is 2. The van der Waals surface area contributed by atoms with Gasteiger partial charge in [0.1, 0.15) is 17.3 Å². The van der Waals surface area contributed by atoms with Gasteiger partial charge in [-0.05, 0) is 25.1 Å². The number of likely N-dealkylation sites (tertiary alicyclic amines) is 1.